The van der Waals surface area contributed by atoms with Crippen molar-refractivity contribution in [3.8, 4) is 0 Å². The fourth-order valence-corrected chi connectivity index (χ4v) is 2.31. The number of hydrogen-bond donors (Lipinski definition) is 4. The number of benzene rings is 2. The molecule has 1 aromatic heterocycles. The maximum Gasteiger partial charge on any atom is 0.0868 e. The number of hydrogen-bond acceptors (Lipinski definition) is 3. The summed E-state index contributed by atoms with van der Waals surface area (Å²) in [6.07, 6.45) is 1.80. The van der Waals surface area contributed by atoms with Crippen molar-refractivity contribution in [2.75, 3.05) is 11.1 Å². The lowest BCUT2D eigenvalue weighted by molar-refractivity contribution is 1.15. The summed E-state index contributed by atoms with van der Waals surface area (Å²) in [7, 11) is 0. The molecule has 0 aliphatic rings. The molecule has 1 heterocycles. The molecule has 0 aliphatic carbocycles. The number of rotatable bonds is 5. The predicted octanol–water partition coefficient (Wildman–Crippen LogP) is 3.63. The highest BCUT2D eigenvalue weighted by Gasteiger charge is 2.10. The van der Waals surface area contributed by atoms with Gasteiger partial charge in [-0.2, -0.15) is 0 Å². The van der Waals surface area contributed by atoms with E-state index in [9.17, 15) is 0 Å². The molecule has 4 heteroatoms. The van der Waals surface area contributed by atoms with Gasteiger partial charge >= 0.3 is 0 Å². The van der Waals surface area contributed by atoms with E-state index in [4.69, 9.17) is 11.1 Å². The Labute approximate surface area is 129 Å². The molecule has 3 aromatic rings. The average molecular weight is 290 g/mol. The number of nitrogen functional groups attached to an aromatic ring is 1. The number of aromatic amines is 1. The maximum atomic E-state index is 8.28. The van der Waals surface area contributed by atoms with Crippen LogP contribution in [0.15, 0.2) is 66.9 Å². The highest BCUT2D eigenvalue weighted by Crippen LogP contribution is 2.21. The van der Waals surface area contributed by atoms with E-state index in [0.29, 0.717) is 11.4 Å². The highest BCUT2D eigenvalue weighted by atomic mass is 14.9. The molecule has 0 radical (unpaired) electrons. The number of H-pyrrole nitrogens is 1. The van der Waals surface area contributed by atoms with Crippen molar-refractivity contribution >= 4 is 17.1 Å². The van der Waals surface area contributed by atoms with E-state index in [0.717, 1.165) is 23.5 Å². The summed E-state index contributed by atoms with van der Waals surface area (Å²) in [6, 6.07) is 19.6. The van der Waals surface area contributed by atoms with E-state index in [-0.39, 0.29) is 0 Å². The smallest absolute Gasteiger partial charge is 0.0868 e. The fraction of sp³-hybridized carbons (Fsp3) is 0.0556. The summed E-state index contributed by atoms with van der Waals surface area (Å²) < 4.78 is 0. The molecule has 0 fully saturated rings. The van der Waals surface area contributed by atoms with E-state index in [2.05, 4.69) is 22.4 Å². The van der Waals surface area contributed by atoms with Gasteiger partial charge in [-0.25, -0.2) is 0 Å². The Hall–Kier alpha value is -3.01. The first-order valence-corrected chi connectivity index (χ1v) is 7.14. The minimum atomic E-state index is 0.394. The standard InChI is InChI=1S/C18H18N4/c19-16-9-8-14(22-12-13-5-2-1-3-6-13)11-15(16)18(20)17-7-4-10-21-17/h1-11,20-22H,12,19H2. The van der Waals surface area contributed by atoms with Crippen LogP contribution in [-0.4, -0.2) is 10.7 Å². The van der Waals surface area contributed by atoms with Crippen LogP contribution in [0.3, 0.4) is 0 Å². The molecule has 0 saturated heterocycles. The molecule has 2 aromatic carbocycles. The maximum absolute atomic E-state index is 8.28. The SMILES string of the molecule is N=C(c1ccc[nH]1)c1cc(NCc2ccccc2)ccc1N. The molecular weight excluding hydrogens is 272 g/mol. The van der Waals surface area contributed by atoms with Crippen LogP contribution < -0.4 is 11.1 Å². The van der Waals surface area contributed by atoms with Gasteiger partial charge in [-0.05, 0) is 35.9 Å². The largest absolute Gasteiger partial charge is 0.398 e. The lowest BCUT2D eigenvalue weighted by Crippen LogP contribution is -2.07. The third-order valence-corrected chi connectivity index (χ3v) is 3.53. The lowest BCUT2D eigenvalue weighted by Gasteiger charge is -2.11. The zero-order valence-electron chi connectivity index (χ0n) is 12.1. The van der Waals surface area contributed by atoms with Gasteiger partial charge in [-0.1, -0.05) is 30.3 Å². The van der Waals surface area contributed by atoms with Gasteiger partial charge in [0.05, 0.1) is 11.4 Å². The Kier molecular flexibility index (Phi) is 3.92. The van der Waals surface area contributed by atoms with E-state index in [1.165, 1.54) is 5.56 Å². The fourth-order valence-electron chi connectivity index (χ4n) is 2.31. The van der Waals surface area contributed by atoms with Gasteiger partial charge in [-0.15, -0.1) is 0 Å². The van der Waals surface area contributed by atoms with Crippen molar-refractivity contribution in [2.24, 2.45) is 0 Å². The van der Waals surface area contributed by atoms with Crippen molar-refractivity contribution in [3.05, 3.63) is 83.7 Å². The van der Waals surface area contributed by atoms with Gasteiger partial charge in [0.2, 0.25) is 0 Å². The Balaban J connectivity index is 1.79. The van der Waals surface area contributed by atoms with Crippen LogP contribution in [0.2, 0.25) is 0 Å². The van der Waals surface area contributed by atoms with Gasteiger partial charge in [0.25, 0.3) is 0 Å². The van der Waals surface area contributed by atoms with Crippen LogP contribution in [0, 0.1) is 5.41 Å². The molecule has 4 nitrogen and oxygen atoms in total. The van der Waals surface area contributed by atoms with Crippen LogP contribution in [0.1, 0.15) is 16.8 Å². The number of aromatic nitrogens is 1. The van der Waals surface area contributed by atoms with Gasteiger partial charge in [0.1, 0.15) is 0 Å². The van der Waals surface area contributed by atoms with Gasteiger partial charge < -0.3 is 16.0 Å². The highest BCUT2D eigenvalue weighted by molar-refractivity contribution is 6.13. The summed E-state index contributed by atoms with van der Waals surface area (Å²) in [4.78, 5) is 3.04. The summed E-state index contributed by atoms with van der Waals surface area (Å²) in [6.45, 7) is 0.736. The van der Waals surface area contributed by atoms with Crippen LogP contribution >= 0.6 is 0 Å². The quantitative estimate of drug-likeness (QED) is 0.428. The molecule has 0 saturated carbocycles. The predicted molar refractivity (Wildman–Crippen MR) is 91.3 cm³/mol. The number of nitrogens with one attached hydrogen (secondary N) is 3. The molecule has 0 atom stereocenters. The van der Waals surface area contributed by atoms with Crippen molar-refractivity contribution in [2.45, 2.75) is 6.54 Å². The molecule has 0 spiro atoms. The minimum Gasteiger partial charge on any atom is -0.398 e. The molecular formula is C18H18N4. The van der Waals surface area contributed by atoms with Gasteiger partial charge in [-0.3, -0.25) is 5.41 Å². The van der Waals surface area contributed by atoms with E-state index in [1.807, 2.05) is 48.5 Å². The van der Waals surface area contributed by atoms with E-state index < -0.39 is 0 Å². The molecule has 0 unspecified atom stereocenters. The summed E-state index contributed by atoms with van der Waals surface area (Å²) in [5.74, 6) is 0. The van der Waals surface area contributed by atoms with Crippen LogP contribution in [0.5, 0.6) is 0 Å². The second-order valence-corrected chi connectivity index (χ2v) is 5.10. The van der Waals surface area contributed by atoms with Crippen LogP contribution in [0.25, 0.3) is 0 Å². The third kappa shape index (κ3) is 3.01. The zero-order valence-corrected chi connectivity index (χ0v) is 12.1. The summed E-state index contributed by atoms with van der Waals surface area (Å²) in [5.41, 5.74) is 10.7. The van der Waals surface area contributed by atoms with Crippen LogP contribution in [0.4, 0.5) is 11.4 Å². The number of anilines is 2. The number of nitrogens with two attached hydrogens (primary N) is 1. The molecule has 22 heavy (non-hydrogen) atoms. The first-order chi connectivity index (χ1) is 10.7. The van der Waals surface area contributed by atoms with Crippen molar-refractivity contribution < 1.29 is 0 Å². The summed E-state index contributed by atoms with van der Waals surface area (Å²) >= 11 is 0. The minimum absolute atomic E-state index is 0.394. The van der Waals surface area contributed by atoms with Crippen molar-refractivity contribution in [1.82, 2.24) is 4.98 Å². The molecule has 110 valence electrons. The molecule has 5 N–H and O–H groups in total. The first-order valence-electron chi connectivity index (χ1n) is 7.14. The Morgan fingerprint density at radius 1 is 1.05 bits per heavy atom. The molecule has 0 aliphatic heterocycles. The third-order valence-electron chi connectivity index (χ3n) is 3.53. The van der Waals surface area contributed by atoms with Gasteiger partial charge in [0, 0.05) is 29.7 Å². The normalized spacial score (nSPS) is 10.4. The van der Waals surface area contributed by atoms with Crippen molar-refractivity contribution in [3.63, 3.8) is 0 Å². The van der Waals surface area contributed by atoms with E-state index >= 15 is 0 Å². The molecule has 3 rings (SSSR count). The average Bonchev–Trinajstić information content (AvgIpc) is 3.09. The topological polar surface area (TPSA) is 77.7 Å². The van der Waals surface area contributed by atoms with E-state index in [1.54, 1.807) is 6.20 Å². The first kappa shape index (κ1) is 13.9. The van der Waals surface area contributed by atoms with Crippen LogP contribution in [-0.2, 0) is 6.54 Å². The molecule has 0 bridgehead atoms. The van der Waals surface area contributed by atoms with Gasteiger partial charge in [0.15, 0.2) is 0 Å². The monoisotopic (exact) mass is 290 g/mol. The molecule has 0 amide bonds. The Morgan fingerprint density at radius 2 is 1.86 bits per heavy atom. The summed E-state index contributed by atoms with van der Waals surface area (Å²) in [5, 5.41) is 11.6. The van der Waals surface area contributed by atoms with Crippen molar-refractivity contribution in [1.29, 1.82) is 5.41 Å². The second kappa shape index (κ2) is 6.18. The zero-order chi connectivity index (χ0) is 15.4. The Bertz CT molecular complexity index is 761. The lowest BCUT2D eigenvalue weighted by atomic mass is 10.0. The second-order valence-electron chi connectivity index (χ2n) is 5.10. The Morgan fingerprint density at radius 3 is 2.59 bits per heavy atom.